The van der Waals surface area contributed by atoms with E-state index in [4.69, 9.17) is 4.42 Å². The van der Waals surface area contributed by atoms with Crippen LogP contribution in [0.3, 0.4) is 0 Å². The van der Waals surface area contributed by atoms with E-state index >= 15 is 0 Å². The van der Waals surface area contributed by atoms with Crippen molar-refractivity contribution in [2.75, 3.05) is 10.6 Å². The molecule has 0 fully saturated rings. The van der Waals surface area contributed by atoms with Gasteiger partial charge in [0.1, 0.15) is 6.54 Å². The fourth-order valence-electron chi connectivity index (χ4n) is 2.48. The lowest BCUT2D eigenvalue weighted by atomic mass is 10.0. The Morgan fingerprint density at radius 2 is 1.96 bits per heavy atom. The number of oxazole rings is 1. The third-order valence-electron chi connectivity index (χ3n) is 3.57. The van der Waals surface area contributed by atoms with Crippen LogP contribution in [0, 0.1) is 11.8 Å². The maximum absolute atomic E-state index is 12.1. The molecule has 2 N–H and O–H groups in total. The minimum atomic E-state index is -0.372. The van der Waals surface area contributed by atoms with Crippen LogP contribution in [0.25, 0.3) is 11.3 Å². The maximum atomic E-state index is 12.1. The summed E-state index contributed by atoms with van der Waals surface area (Å²) in [5.74, 6) is 0.536. The average Bonchev–Trinajstić information content (AvgIpc) is 3.09. The Morgan fingerprint density at radius 3 is 2.64 bits per heavy atom. The molecule has 0 atom stereocenters. The number of carbonyl (C=O) groups excluding carboxylic acids is 1. The SMILES string of the molecule is Cc1cccc(NC(=O)Nc2ccc(-c3cnco3)c(CN=O)c2)c1. The summed E-state index contributed by atoms with van der Waals surface area (Å²) < 4.78 is 5.26. The van der Waals surface area contributed by atoms with Gasteiger partial charge in [-0.05, 0) is 48.4 Å². The van der Waals surface area contributed by atoms with Crippen LogP contribution < -0.4 is 10.6 Å². The van der Waals surface area contributed by atoms with Gasteiger partial charge in [-0.3, -0.25) is 0 Å². The number of amides is 2. The summed E-state index contributed by atoms with van der Waals surface area (Å²) in [5.41, 5.74) is 3.65. The Kier molecular flexibility index (Phi) is 4.84. The number of urea groups is 1. The Bertz CT molecular complexity index is 891. The van der Waals surface area contributed by atoms with Gasteiger partial charge in [-0.25, -0.2) is 9.78 Å². The van der Waals surface area contributed by atoms with E-state index in [-0.39, 0.29) is 12.6 Å². The van der Waals surface area contributed by atoms with E-state index in [1.165, 1.54) is 6.39 Å². The van der Waals surface area contributed by atoms with Crippen LogP contribution in [0.2, 0.25) is 0 Å². The maximum Gasteiger partial charge on any atom is 0.323 e. The lowest BCUT2D eigenvalue weighted by Crippen LogP contribution is -2.19. The van der Waals surface area contributed by atoms with E-state index in [9.17, 15) is 9.70 Å². The molecule has 0 unspecified atom stereocenters. The van der Waals surface area contributed by atoms with Gasteiger partial charge in [0.15, 0.2) is 12.2 Å². The van der Waals surface area contributed by atoms with Gasteiger partial charge in [0, 0.05) is 16.9 Å². The van der Waals surface area contributed by atoms with E-state index in [1.807, 2.05) is 25.1 Å². The Balaban J connectivity index is 1.77. The zero-order valence-corrected chi connectivity index (χ0v) is 13.5. The van der Waals surface area contributed by atoms with E-state index < -0.39 is 0 Å². The number of rotatable bonds is 5. The third kappa shape index (κ3) is 4.08. The average molecular weight is 336 g/mol. The fraction of sp³-hybridized carbons (Fsp3) is 0.111. The number of carbonyl (C=O) groups is 1. The molecule has 3 rings (SSSR count). The number of hydrogen-bond acceptors (Lipinski definition) is 5. The molecule has 126 valence electrons. The fourth-order valence-corrected chi connectivity index (χ4v) is 2.48. The van der Waals surface area contributed by atoms with Crippen LogP contribution in [0.4, 0.5) is 16.2 Å². The molecule has 2 aromatic carbocycles. The minimum Gasteiger partial charge on any atom is -0.444 e. The van der Waals surface area contributed by atoms with Gasteiger partial charge in [0.05, 0.1) is 6.20 Å². The van der Waals surface area contributed by atoms with E-state index in [0.717, 1.165) is 5.56 Å². The second-order valence-electron chi connectivity index (χ2n) is 5.47. The highest BCUT2D eigenvalue weighted by atomic mass is 16.3. The van der Waals surface area contributed by atoms with Gasteiger partial charge >= 0.3 is 6.03 Å². The monoisotopic (exact) mass is 336 g/mol. The number of aryl methyl sites for hydroxylation is 1. The zero-order valence-electron chi connectivity index (χ0n) is 13.5. The molecule has 7 heteroatoms. The van der Waals surface area contributed by atoms with Crippen molar-refractivity contribution in [3.63, 3.8) is 0 Å². The quantitative estimate of drug-likeness (QED) is 0.667. The Labute approximate surface area is 144 Å². The van der Waals surface area contributed by atoms with Gasteiger partial charge in [0.2, 0.25) is 0 Å². The summed E-state index contributed by atoms with van der Waals surface area (Å²) >= 11 is 0. The van der Waals surface area contributed by atoms with Gasteiger partial charge in [-0.2, -0.15) is 4.91 Å². The molecule has 0 saturated carbocycles. The molecule has 0 saturated heterocycles. The Hall–Kier alpha value is -3.48. The van der Waals surface area contributed by atoms with Gasteiger partial charge in [0.25, 0.3) is 0 Å². The highest BCUT2D eigenvalue weighted by Crippen LogP contribution is 2.27. The second kappa shape index (κ2) is 7.39. The van der Waals surface area contributed by atoms with E-state index in [2.05, 4.69) is 20.8 Å². The summed E-state index contributed by atoms with van der Waals surface area (Å²) in [4.78, 5) is 26.7. The number of hydrogen-bond donors (Lipinski definition) is 2. The second-order valence-corrected chi connectivity index (χ2v) is 5.47. The molecule has 0 radical (unpaired) electrons. The Morgan fingerprint density at radius 1 is 1.16 bits per heavy atom. The van der Waals surface area contributed by atoms with Crippen molar-refractivity contribution in [3.8, 4) is 11.3 Å². The highest BCUT2D eigenvalue weighted by Gasteiger charge is 2.11. The lowest BCUT2D eigenvalue weighted by molar-refractivity contribution is 0.262. The van der Waals surface area contributed by atoms with Crippen LogP contribution in [0.5, 0.6) is 0 Å². The van der Waals surface area contributed by atoms with Crippen molar-refractivity contribution in [1.82, 2.24) is 4.98 Å². The highest BCUT2D eigenvalue weighted by molar-refractivity contribution is 6.00. The van der Waals surface area contributed by atoms with Crippen molar-refractivity contribution < 1.29 is 9.21 Å². The predicted octanol–water partition coefficient (Wildman–Crippen LogP) is 4.56. The summed E-state index contributed by atoms with van der Waals surface area (Å²) in [5, 5.41) is 8.44. The molecule has 1 heterocycles. The third-order valence-corrected chi connectivity index (χ3v) is 3.57. The zero-order chi connectivity index (χ0) is 17.6. The normalized spacial score (nSPS) is 10.3. The number of anilines is 2. The largest absolute Gasteiger partial charge is 0.444 e. The van der Waals surface area contributed by atoms with Crippen molar-refractivity contribution in [2.24, 2.45) is 5.18 Å². The number of aromatic nitrogens is 1. The van der Waals surface area contributed by atoms with Gasteiger partial charge < -0.3 is 15.1 Å². The first kappa shape index (κ1) is 16.4. The molecule has 3 aromatic rings. The topological polar surface area (TPSA) is 96.6 Å². The van der Waals surface area contributed by atoms with Crippen molar-refractivity contribution in [3.05, 3.63) is 71.1 Å². The molecule has 0 bridgehead atoms. The molecule has 2 amide bonds. The molecule has 0 aliphatic heterocycles. The van der Waals surface area contributed by atoms with Crippen LogP contribution in [-0.4, -0.2) is 11.0 Å². The van der Waals surface area contributed by atoms with Gasteiger partial charge in [-0.15, -0.1) is 0 Å². The molecular weight excluding hydrogens is 320 g/mol. The molecule has 25 heavy (non-hydrogen) atoms. The predicted molar refractivity (Wildman–Crippen MR) is 95.3 cm³/mol. The number of benzene rings is 2. The van der Waals surface area contributed by atoms with Crippen LogP contribution in [-0.2, 0) is 6.54 Å². The first-order valence-electron chi connectivity index (χ1n) is 7.61. The summed E-state index contributed by atoms with van der Waals surface area (Å²) in [6, 6.07) is 12.3. The molecule has 0 aliphatic rings. The molecule has 1 aromatic heterocycles. The van der Waals surface area contributed by atoms with Crippen molar-refractivity contribution >= 4 is 17.4 Å². The minimum absolute atomic E-state index is 0.0367. The summed E-state index contributed by atoms with van der Waals surface area (Å²) in [6.07, 6.45) is 2.87. The lowest BCUT2D eigenvalue weighted by Gasteiger charge is -2.11. The molecule has 0 aliphatic carbocycles. The number of nitrogens with one attached hydrogen (secondary N) is 2. The van der Waals surface area contributed by atoms with E-state index in [1.54, 1.807) is 30.5 Å². The van der Waals surface area contributed by atoms with E-state index in [0.29, 0.717) is 28.3 Å². The summed E-state index contributed by atoms with van der Waals surface area (Å²) in [7, 11) is 0. The summed E-state index contributed by atoms with van der Waals surface area (Å²) in [6.45, 7) is 1.91. The van der Waals surface area contributed by atoms with Crippen molar-refractivity contribution in [2.45, 2.75) is 13.5 Å². The first-order chi connectivity index (χ1) is 12.2. The van der Waals surface area contributed by atoms with Gasteiger partial charge in [-0.1, -0.05) is 17.3 Å². The number of nitrogens with zero attached hydrogens (tertiary/aromatic N) is 2. The smallest absolute Gasteiger partial charge is 0.323 e. The standard InChI is InChI=1S/C18H16N4O3/c1-12-3-2-4-14(7-12)21-18(23)22-15-5-6-16(13(8-15)9-20-24)17-10-19-11-25-17/h2-8,10-11H,9H2,1H3,(H2,21,22,23). The van der Waals surface area contributed by atoms with Crippen LogP contribution in [0.15, 0.2) is 64.6 Å². The van der Waals surface area contributed by atoms with Crippen molar-refractivity contribution in [1.29, 1.82) is 0 Å². The molecule has 7 nitrogen and oxygen atoms in total. The molecular formula is C18H16N4O3. The first-order valence-corrected chi connectivity index (χ1v) is 7.61. The number of nitroso groups, excluding NO2 is 1. The van der Waals surface area contributed by atoms with Crippen LogP contribution >= 0.6 is 0 Å². The van der Waals surface area contributed by atoms with Crippen LogP contribution in [0.1, 0.15) is 11.1 Å². The molecule has 0 spiro atoms.